The number of fused-ring (bicyclic) bond motifs is 1. The van der Waals surface area contributed by atoms with Gasteiger partial charge in [0.1, 0.15) is 0 Å². The predicted octanol–water partition coefficient (Wildman–Crippen LogP) is 2.99. The van der Waals surface area contributed by atoms with E-state index in [0.29, 0.717) is 24.1 Å². The van der Waals surface area contributed by atoms with Crippen LogP contribution in [0.1, 0.15) is 48.0 Å². The molecule has 0 aromatic heterocycles. The largest absolute Gasteiger partial charge is 0.493 e. The highest BCUT2D eigenvalue weighted by atomic mass is 16.5. The molecule has 1 aromatic rings. The van der Waals surface area contributed by atoms with Crippen molar-refractivity contribution in [2.75, 3.05) is 14.2 Å². The van der Waals surface area contributed by atoms with E-state index in [1.54, 1.807) is 14.2 Å². The Kier molecular flexibility index (Phi) is 3.55. The minimum atomic E-state index is 0.146. The third kappa shape index (κ3) is 2.13. The molecule has 20 heavy (non-hydrogen) atoms. The van der Waals surface area contributed by atoms with Crippen molar-refractivity contribution in [1.82, 2.24) is 4.90 Å². The minimum Gasteiger partial charge on any atom is -0.493 e. The van der Waals surface area contributed by atoms with Gasteiger partial charge < -0.3 is 14.4 Å². The molecule has 0 bridgehead atoms. The summed E-state index contributed by atoms with van der Waals surface area (Å²) in [7, 11) is 3.22. The van der Waals surface area contributed by atoms with E-state index in [1.807, 2.05) is 17.0 Å². The van der Waals surface area contributed by atoms with Crippen molar-refractivity contribution in [2.24, 2.45) is 0 Å². The zero-order chi connectivity index (χ0) is 14.1. The van der Waals surface area contributed by atoms with Gasteiger partial charge in [-0.3, -0.25) is 4.79 Å². The molecular weight excluding hydrogens is 254 g/mol. The summed E-state index contributed by atoms with van der Waals surface area (Å²) in [5, 5.41) is 0. The first kappa shape index (κ1) is 13.3. The Morgan fingerprint density at radius 2 is 1.70 bits per heavy atom. The van der Waals surface area contributed by atoms with Gasteiger partial charge in [0.2, 0.25) is 0 Å². The Balaban J connectivity index is 1.89. The normalized spacial score (nSPS) is 19.1. The molecule has 108 valence electrons. The highest BCUT2D eigenvalue weighted by Gasteiger charge is 2.34. The highest BCUT2D eigenvalue weighted by Crippen LogP contribution is 2.37. The summed E-state index contributed by atoms with van der Waals surface area (Å²) >= 11 is 0. The topological polar surface area (TPSA) is 38.8 Å². The number of amides is 1. The smallest absolute Gasteiger partial charge is 0.254 e. The minimum absolute atomic E-state index is 0.146. The van der Waals surface area contributed by atoms with E-state index in [1.165, 1.54) is 19.3 Å². The van der Waals surface area contributed by atoms with E-state index in [0.717, 1.165) is 24.0 Å². The molecule has 1 aliphatic heterocycles. The lowest BCUT2D eigenvalue weighted by Crippen LogP contribution is -2.36. The Morgan fingerprint density at radius 3 is 2.35 bits per heavy atom. The van der Waals surface area contributed by atoms with E-state index >= 15 is 0 Å². The summed E-state index contributed by atoms with van der Waals surface area (Å²) in [5.74, 6) is 1.47. The molecule has 0 radical (unpaired) electrons. The zero-order valence-electron chi connectivity index (χ0n) is 12.1. The average Bonchev–Trinajstić information content (AvgIpc) is 2.83. The van der Waals surface area contributed by atoms with Gasteiger partial charge in [-0.15, -0.1) is 0 Å². The van der Waals surface area contributed by atoms with Crippen molar-refractivity contribution < 1.29 is 14.3 Å². The van der Waals surface area contributed by atoms with Crippen molar-refractivity contribution in [3.63, 3.8) is 0 Å². The summed E-state index contributed by atoms with van der Waals surface area (Å²) in [6.07, 6.45) is 6.03. The maximum atomic E-state index is 12.6. The van der Waals surface area contributed by atoms with Gasteiger partial charge in [0.05, 0.1) is 14.2 Å². The van der Waals surface area contributed by atoms with E-state index < -0.39 is 0 Å². The van der Waals surface area contributed by atoms with Crippen LogP contribution in [-0.4, -0.2) is 31.1 Å². The van der Waals surface area contributed by atoms with Gasteiger partial charge in [-0.2, -0.15) is 0 Å². The van der Waals surface area contributed by atoms with Crippen LogP contribution in [0.5, 0.6) is 11.5 Å². The molecule has 3 rings (SSSR count). The molecule has 1 heterocycles. The van der Waals surface area contributed by atoms with Crippen molar-refractivity contribution in [3.8, 4) is 11.5 Å². The number of methoxy groups -OCH3 is 2. The van der Waals surface area contributed by atoms with Crippen LogP contribution < -0.4 is 9.47 Å². The maximum absolute atomic E-state index is 12.6. The molecule has 1 aromatic carbocycles. The van der Waals surface area contributed by atoms with E-state index in [9.17, 15) is 4.79 Å². The standard InChI is InChI=1S/C16H21NO3/c1-19-14-8-11-10-17(12-6-4-3-5-7-12)16(18)13(11)9-15(14)20-2/h8-9,12H,3-7,10H2,1-2H3. The van der Waals surface area contributed by atoms with Crippen molar-refractivity contribution in [2.45, 2.75) is 44.7 Å². The fourth-order valence-electron chi connectivity index (χ4n) is 3.35. The summed E-state index contributed by atoms with van der Waals surface area (Å²) in [5.41, 5.74) is 1.83. The second-order valence-corrected chi connectivity index (χ2v) is 5.59. The van der Waals surface area contributed by atoms with Crippen LogP contribution in [0.4, 0.5) is 0 Å². The first-order chi connectivity index (χ1) is 9.74. The van der Waals surface area contributed by atoms with Crippen molar-refractivity contribution in [3.05, 3.63) is 23.3 Å². The molecule has 0 spiro atoms. The molecule has 1 aliphatic carbocycles. The number of rotatable bonds is 3. The fraction of sp³-hybridized carbons (Fsp3) is 0.562. The third-order valence-corrected chi connectivity index (χ3v) is 4.46. The predicted molar refractivity (Wildman–Crippen MR) is 76.3 cm³/mol. The van der Waals surface area contributed by atoms with Gasteiger partial charge in [-0.05, 0) is 30.5 Å². The first-order valence-electron chi connectivity index (χ1n) is 7.30. The molecule has 0 atom stereocenters. The summed E-state index contributed by atoms with van der Waals surface area (Å²) in [6, 6.07) is 4.16. The Hall–Kier alpha value is -1.71. The number of carbonyl (C=O) groups is 1. The molecule has 0 unspecified atom stereocenters. The van der Waals surface area contributed by atoms with Crippen LogP contribution >= 0.6 is 0 Å². The second kappa shape index (κ2) is 5.35. The molecule has 1 saturated carbocycles. The van der Waals surface area contributed by atoms with Gasteiger partial charge in [0, 0.05) is 18.2 Å². The van der Waals surface area contributed by atoms with Crippen LogP contribution in [0.2, 0.25) is 0 Å². The molecule has 1 amide bonds. The average molecular weight is 275 g/mol. The van der Waals surface area contributed by atoms with Gasteiger partial charge in [0.25, 0.3) is 5.91 Å². The maximum Gasteiger partial charge on any atom is 0.254 e. The lowest BCUT2D eigenvalue weighted by Gasteiger charge is -2.30. The molecule has 4 nitrogen and oxygen atoms in total. The van der Waals surface area contributed by atoms with E-state index in [2.05, 4.69) is 0 Å². The monoisotopic (exact) mass is 275 g/mol. The molecular formula is C16H21NO3. The Labute approximate surface area is 119 Å². The molecule has 0 saturated heterocycles. The van der Waals surface area contributed by atoms with E-state index in [-0.39, 0.29) is 5.91 Å². The Morgan fingerprint density at radius 1 is 1.05 bits per heavy atom. The number of carbonyl (C=O) groups excluding carboxylic acids is 1. The van der Waals surface area contributed by atoms with E-state index in [4.69, 9.17) is 9.47 Å². The quantitative estimate of drug-likeness (QED) is 0.851. The van der Waals surface area contributed by atoms with Crippen molar-refractivity contribution in [1.29, 1.82) is 0 Å². The lowest BCUT2D eigenvalue weighted by molar-refractivity contribution is 0.0660. The first-order valence-corrected chi connectivity index (χ1v) is 7.30. The van der Waals surface area contributed by atoms with Gasteiger partial charge in [0.15, 0.2) is 11.5 Å². The van der Waals surface area contributed by atoms with Gasteiger partial charge in [-0.25, -0.2) is 0 Å². The summed E-state index contributed by atoms with van der Waals surface area (Å²) in [6.45, 7) is 0.708. The Bertz CT molecular complexity index is 521. The SMILES string of the molecule is COc1cc2c(cc1OC)C(=O)N(C1CCCCC1)C2. The molecule has 2 aliphatic rings. The number of benzene rings is 1. The zero-order valence-corrected chi connectivity index (χ0v) is 12.1. The molecule has 0 N–H and O–H groups in total. The summed E-state index contributed by atoms with van der Waals surface area (Å²) < 4.78 is 10.6. The summed E-state index contributed by atoms with van der Waals surface area (Å²) in [4.78, 5) is 14.6. The van der Waals surface area contributed by atoms with Crippen LogP contribution in [0.25, 0.3) is 0 Å². The van der Waals surface area contributed by atoms with Crippen LogP contribution in [0, 0.1) is 0 Å². The van der Waals surface area contributed by atoms with Crippen LogP contribution in [0.3, 0.4) is 0 Å². The second-order valence-electron chi connectivity index (χ2n) is 5.59. The number of hydrogen-bond donors (Lipinski definition) is 0. The fourth-order valence-corrected chi connectivity index (χ4v) is 3.35. The number of nitrogens with zero attached hydrogens (tertiary/aromatic N) is 1. The molecule has 4 heteroatoms. The lowest BCUT2D eigenvalue weighted by atomic mass is 9.94. The van der Waals surface area contributed by atoms with Crippen LogP contribution in [0.15, 0.2) is 12.1 Å². The van der Waals surface area contributed by atoms with Crippen molar-refractivity contribution >= 4 is 5.91 Å². The highest BCUT2D eigenvalue weighted by molar-refractivity contribution is 5.99. The van der Waals surface area contributed by atoms with Gasteiger partial charge >= 0.3 is 0 Å². The molecule has 1 fully saturated rings. The third-order valence-electron chi connectivity index (χ3n) is 4.46. The van der Waals surface area contributed by atoms with Crippen LogP contribution in [-0.2, 0) is 6.54 Å². The number of hydrogen-bond acceptors (Lipinski definition) is 3. The van der Waals surface area contributed by atoms with Gasteiger partial charge in [-0.1, -0.05) is 19.3 Å². The number of ether oxygens (including phenoxy) is 2.